The Morgan fingerprint density at radius 2 is 1.97 bits per heavy atom. The first kappa shape index (κ1) is 21.7. The van der Waals surface area contributed by atoms with Gasteiger partial charge in [-0.25, -0.2) is 14.8 Å². The highest BCUT2D eigenvalue weighted by molar-refractivity contribution is 5.68. The molecule has 3 heterocycles. The van der Waals surface area contributed by atoms with Gasteiger partial charge in [-0.3, -0.25) is 4.57 Å². The minimum Gasteiger partial charge on any atom is -0.492 e. The normalized spacial score (nSPS) is 18.0. The molecule has 9 nitrogen and oxygen atoms in total. The van der Waals surface area contributed by atoms with Crippen LogP contribution in [0.1, 0.15) is 52.3 Å². The zero-order valence-corrected chi connectivity index (χ0v) is 18.8. The quantitative estimate of drug-likeness (QED) is 0.625. The van der Waals surface area contributed by atoms with E-state index in [1.54, 1.807) is 12.4 Å². The number of carbonyl (C=O) groups excluding carboxylic acids is 1. The lowest BCUT2D eigenvalue weighted by Crippen LogP contribution is -2.45. The minimum atomic E-state index is -0.522. The second-order valence-electron chi connectivity index (χ2n) is 8.73. The van der Waals surface area contributed by atoms with E-state index in [0.717, 1.165) is 24.5 Å². The van der Waals surface area contributed by atoms with Crippen molar-refractivity contribution < 1.29 is 14.3 Å². The Hall–Kier alpha value is -3.49. The van der Waals surface area contributed by atoms with Crippen LogP contribution in [0, 0.1) is 0 Å². The summed E-state index contributed by atoms with van der Waals surface area (Å²) in [6.07, 6.45) is 4.52. The fraction of sp³-hybridized carbons (Fsp3) is 0.435. The van der Waals surface area contributed by atoms with Crippen molar-refractivity contribution in [2.24, 2.45) is 0 Å². The van der Waals surface area contributed by atoms with E-state index >= 15 is 0 Å². The van der Waals surface area contributed by atoms with Gasteiger partial charge in [0.05, 0.1) is 12.8 Å². The number of nitrogens with one attached hydrogen (secondary N) is 1. The summed E-state index contributed by atoms with van der Waals surface area (Å²) >= 11 is 0. The second-order valence-corrected chi connectivity index (χ2v) is 8.73. The first-order chi connectivity index (χ1) is 15.3. The van der Waals surface area contributed by atoms with Gasteiger partial charge in [-0.15, -0.1) is 10.2 Å². The lowest BCUT2D eigenvalue weighted by molar-refractivity contribution is 0.0469. The van der Waals surface area contributed by atoms with Crippen molar-refractivity contribution in [2.45, 2.75) is 58.1 Å². The summed E-state index contributed by atoms with van der Waals surface area (Å²) in [6.45, 7) is 8.06. The molecular weight excluding hydrogens is 408 g/mol. The van der Waals surface area contributed by atoms with E-state index in [4.69, 9.17) is 9.47 Å². The monoisotopic (exact) mass is 436 g/mol. The predicted octanol–water partition coefficient (Wildman–Crippen LogP) is 3.89. The summed E-state index contributed by atoms with van der Waals surface area (Å²) in [5.41, 5.74) is 0.159. The largest absolute Gasteiger partial charge is 0.492 e. The van der Waals surface area contributed by atoms with Crippen LogP contribution in [0.5, 0.6) is 5.75 Å². The third kappa shape index (κ3) is 4.87. The van der Waals surface area contributed by atoms with Crippen molar-refractivity contribution in [3.05, 3.63) is 48.5 Å². The molecule has 3 aromatic rings. The van der Waals surface area contributed by atoms with E-state index in [1.807, 2.05) is 62.6 Å². The van der Waals surface area contributed by atoms with Crippen LogP contribution in [0.25, 0.3) is 17.3 Å². The fourth-order valence-corrected chi connectivity index (χ4v) is 3.62. The maximum absolute atomic E-state index is 12.1. The summed E-state index contributed by atoms with van der Waals surface area (Å²) in [7, 11) is 0. The number of alkyl carbamates (subject to hydrolysis) is 1. The molecule has 9 heteroatoms. The minimum absolute atomic E-state index is 0.0378. The van der Waals surface area contributed by atoms with E-state index < -0.39 is 11.7 Å². The van der Waals surface area contributed by atoms with Crippen molar-refractivity contribution in [1.82, 2.24) is 30.0 Å². The molecule has 1 amide bonds. The zero-order valence-electron chi connectivity index (χ0n) is 18.8. The van der Waals surface area contributed by atoms with Gasteiger partial charge >= 0.3 is 6.09 Å². The average molecular weight is 437 g/mol. The lowest BCUT2D eigenvalue weighted by Gasteiger charge is -2.35. The van der Waals surface area contributed by atoms with Crippen molar-refractivity contribution in [3.63, 3.8) is 0 Å². The molecule has 1 saturated carbocycles. The Kier molecular flexibility index (Phi) is 6.07. The molecule has 0 bridgehead atoms. The molecule has 1 N–H and O–H groups in total. The molecule has 1 aliphatic rings. The predicted molar refractivity (Wildman–Crippen MR) is 119 cm³/mol. The zero-order chi connectivity index (χ0) is 22.7. The summed E-state index contributed by atoms with van der Waals surface area (Å²) in [6, 6.07) is 9.48. The van der Waals surface area contributed by atoms with Crippen molar-refractivity contribution in [1.29, 1.82) is 0 Å². The van der Waals surface area contributed by atoms with Gasteiger partial charge in [-0.05, 0) is 64.8 Å². The number of hydrogen-bond donors (Lipinski definition) is 1. The molecular formula is C23H28N6O3. The molecule has 3 aromatic heterocycles. The maximum atomic E-state index is 12.1. The summed E-state index contributed by atoms with van der Waals surface area (Å²) in [5, 5.41) is 11.8. The van der Waals surface area contributed by atoms with Gasteiger partial charge in [-0.2, -0.15) is 0 Å². The highest BCUT2D eigenvalue weighted by atomic mass is 16.6. The third-order valence-electron chi connectivity index (χ3n) is 5.07. The number of carbonyl (C=O) groups is 1. The van der Waals surface area contributed by atoms with E-state index in [-0.39, 0.29) is 12.0 Å². The standard InChI is InChI=1S/C23H28N6O3/c1-5-31-17-9-10-18(25-14-17)21-28-27-20(29(21)19-8-6-7-11-24-19)15-12-16(13-15)26-22(30)32-23(2,3)4/h6-11,14-16H,5,12-13H2,1-4H3,(H,26,30). The summed E-state index contributed by atoms with van der Waals surface area (Å²) in [5.74, 6) is 2.99. The van der Waals surface area contributed by atoms with Crippen molar-refractivity contribution >= 4 is 6.09 Å². The third-order valence-corrected chi connectivity index (χ3v) is 5.07. The molecule has 0 atom stereocenters. The van der Waals surface area contributed by atoms with E-state index in [2.05, 4.69) is 25.5 Å². The van der Waals surface area contributed by atoms with Crippen LogP contribution in [0.15, 0.2) is 42.7 Å². The van der Waals surface area contributed by atoms with Gasteiger partial charge < -0.3 is 14.8 Å². The van der Waals surface area contributed by atoms with Crippen LogP contribution in [-0.2, 0) is 4.74 Å². The molecule has 0 unspecified atom stereocenters. The van der Waals surface area contributed by atoms with Crippen LogP contribution in [-0.4, -0.2) is 49.1 Å². The Labute approximate surface area is 187 Å². The lowest BCUT2D eigenvalue weighted by atomic mass is 9.79. The summed E-state index contributed by atoms with van der Waals surface area (Å²) in [4.78, 5) is 21.1. The number of nitrogens with zero attached hydrogens (tertiary/aromatic N) is 5. The van der Waals surface area contributed by atoms with E-state index in [1.165, 1.54) is 0 Å². The second kappa shape index (κ2) is 8.94. The number of ether oxygens (including phenoxy) is 2. The molecule has 0 saturated heterocycles. The smallest absolute Gasteiger partial charge is 0.407 e. The first-order valence-corrected chi connectivity index (χ1v) is 10.8. The van der Waals surface area contributed by atoms with Crippen molar-refractivity contribution in [3.8, 4) is 23.1 Å². The molecule has 1 fully saturated rings. The number of amides is 1. The molecule has 1 aliphatic carbocycles. The molecule has 0 spiro atoms. The maximum Gasteiger partial charge on any atom is 0.407 e. The molecule has 0 aromatic carbocycles. The van der Waals surface area contributed by atoms with E-state index in [0.29, 0.717) is 23.9 Å². The van der Waals surface area contributed by atoms with Crippen LogP contribution >= 0.6 is 0 Å². The Morgan fingerprint density at radius 3 is 2.59 bits per heavy atom. The van der Waals surface area contributed by atoms with Gasteiger partial charge in [0.1, 0.15) is 28.7 Å². The van der Waals surface area contributed by atoms with Crippen LogP contribution in [0.2, 0.25) is 0 Å². The average Bonchev–Trinajstić information content (AvgIpc) is 3.15. The summed E-state index contributed by atoms with van der Waals surface area (Å²) < 4.78 is 12.8. The van der Waals surface area contributed by atoms with Crippen molar-refractivity contribution in [2.75, 3.05) is 6.61 Å². The van der Waals surface area contributed by atoms with E-state index in [9.17, 15) is 4.79 Å². The SMILES string of the molecule is CCOc1ccc(-c2nnc(C3CC(NC(=O)OC(C)(C)C)C3)n2-c2ccccn2)nc1. The Balaban J connectivity index is 1.56. The molecule has 32 heavy (non-hydrogen) atoms. The Morgan fingerprint density at radius 1 is 1.16 bits per heavy atom. The molecule has 168 valence electrons. The fourth-order valence-electron chi connectivity index (χ4n) is 3.62. The van der Waals surface area contributed by atoms with Crippen LogP contribution in [0.4, 0.5) is 4.79 Å². The van der Waals surface area contributed by atoms with Gasteiger partial charge in [0.15, 0.2) is 5.82 Å². The van der Waals surface area contributed by atoms with Gasteiger partial charge in [0, 0.05) is 18.2 Å². The van der Waals surface area contributed by atoms with Gasteiger partial charge in [0.25, 0.3) is 0 Å². The van der Waals surface area contributed by atoms with Crippen LogP contribution < -0.4 is 10.1 Å². The van der Waals surface area contributed by atoms with Gasteiger partial charge in [-0.1, -0.05) is 6.07 Å². The number of pyridine rings is 2. The van der Waals surface area contributed by atoms with Crippen LogP contribution in [0.3, 0.4) is 0 Å². The van der Waals surface area contributed by atoms with Gasteiger partial charge in [0.2, 0.25) is 0 Å². The number of aromatic nitrogens is 5. The Bertz CT molecular complexity index is 1050. The molecule has 4 rings (SSSR count). The topological polar surface area (TPSA) is 104 Å². The first-order valence-electron chi connectivity index (χ1n) is 10.8. The highest BCUT2D eigenvalue weighted by Gasteiger charge is 2.37. The number of rotatable bonds is 6. The molecule has 0 radical (unpaired) electrons. The number of hydrogen-bond acceptors (Lipinski definition) is 7. The molecule has 0 aliphatic heterocycles. The highest BCUT2D eigenvalue weighted by Crippen LogP contribution is 2.38.